The van der Waals surface area contributed by atoms with Gasteiger partial charge in [0.15, 0.2) is 11.6 Å². The normalized spacial score (nSPS) is 25.2. The zero-order valence-electron chi connectivity index (χ0n) is 26.1. The lowest BCUT2D eigenvalue weighted by Gasteiger charge is -2.41. The summed E-state index contributed by atoms with van der Waals surface area (Å²) in [7, 11) is 4.16. The average molecular weight is 682 g/mol. The predicted molar refractivity (Wildman–Crippen MR) is 178 cm³/mol. The first-order valence-corrected chi connectivity index (χ1v) is 17.1. The van der Waals surface area contributed by atoms with Gasteiger partial charge in [0.25, 0.3) is 0 Å². The monoisotopic (exact) mass is 681 g/mol. The minimum atomic E-state index is -0.743. The highest BCUT2D eigenvalue weighted by Crippen LogP contribution is 2.51. The van der Waals surface area contributed by atoms with Crippen LogP contribution in [0.1, 0.15) is 31.2 Å². The minimum absolute atomic E-state index is 0.0134. The molecule has 6 heterocycles. The molecule has 8 rings (SSSR count). The molecule has 2 aromatic heterocycles. The van der Waals surface area contributed by atoms with Crippen LogP contribution >= 0.6 is 22.9 Å². The highest BCUT2D eigenvalue weighted by Gasteiger charge is 2.46. The van der Waals surface area contributed by atoms with Crippen LogP contribution in [0.5, 0.6) is 11.8 Å². The standard InChI is InChI=1S/C33H34ClF2N7O3S/c1-41-10-8-33(15-41)16-44-12-7-21(20-4-3-9-42(20)2)46-32-39-27-24-28(45-13-11-43(33)31(24)40-32)25(34)23(26(27)36)17-5-6-19(35)29-22(17)18(14-37)30(38)47-29/h5-6,20-21H,3-4,7-13,15-16,38H2,1-2H3/t20-,21?,33?/m0/s1. The van der Waals surface area contributed by atoms with Crippen LogP contribution < -0.4 is 20.1 Å². The van der Waals surface area contributed by atoms with Crippen molar-refractivity contribution in [1.82, 2.24) is 19.8 Å². The molecule has 10 nitrogen and oxygen atoms in total. The number of anilines is 2. The number of likely N-dealkylation sites (tertiary alicyclic amines) is 2. The lowest BCUT2D eigenvalue weighted by atomic mass is 9.94. The molecular weight excluding hydrogens is 648 g/mol. The molecule has 0 amide bonds. The maximum atomic E-state index is 17.3. The lowest BCUT2D eigenvalue weighted by Crippen LogP contribution is -2.55. The zero-order chi connectivity index (χ0) is 32.6. The fourth-order valence-corrected chi connectivity index (χ4v) is 9.26. The van der Waals surface area contributed by atoms with E-state index in [4.69, 9.17) is 41.5 Å². The Morgan fingerprint density at radius 2 is 1.98 bits per heavy atom. The Balaban J connectivity index is 1.41. The van der Waals surface area contributed by atoms with Crippen molar-refractivity contribution in [2.24, 2.45) is 0 Å². The smallest absolute Gasteiger partial charge is 0.319 e. The van der Waals surface area contributed by atoms with Gasteiger partial charge in [0.05, 0.1) is 46.0 Å². The van der Waals surface area contributed by atoms with Crippen LogP contribution in [0, 0.1) is 23.0 Å². The number of likely N-dealkylation sites (N-methyl/N-ethyl adjacent to an activating group) is 2. The van der Waals surface area contributed by atoms with E-state index in [2.05, 4.69) is 34.9 Å². The number of thiophene rings is 1. The van der Waals surface area contributed by atoms with Gasteiger partial charge in [-0.25, -0.2) is 8.78 Å². The molecule has 2 fully saturated rings. The number of benzene rings is 2. The molecule has 3 atom stereocenters. The van der Waals surface area contributed by atoms with Crippen LogP contribution in [0.4, 0.5) is 19.6 Å². The van der Waals surface area contributed by atoms with Crippen molar-refractivity contribution in [1.29, 1.82) is 5.26 Å². The molecule has 14 heteroatoms. The summed E-state index contributed by atoms with van der Waals surface area (Å²) < 4.78 is 51.9. The Kier molecular flexibility index (Phi) is 7.57. The van der Waals surface area contributed by atoms with Gasteiger partial charge in [0.1, 0.15) is 40.9 Å². The van der Waals surface area contributed by atoms with Crippen molar-refractivity contribution >= 4 is 54.7 Å². The fraction of sp³-hybridized carbons (Fsp3) is 0.485. The Morgan fingerprint density at radius 1 is 1.13 bits per heavy atom. The van der Waals surface area contributed by atoms with Crippen LogP contribution in [-0.4, -0.2) is 97.5 Å². The van der Waals surface area contributed by atoms with Gasteiger partial charge in [-0.2, -0.15) is 15.2 Å². The van der Waals surface area contributed by atoms with E-state index in [1.165, 1.54) is 12.1 Å². The summed E-state index contributed by atoms with van der Waals surface area (Å²) in [5.41, 5.74) is 5.89. The number of nitrogens with zero attached hydrogens (tertiary/aromatic N) is 6. The maximum absolute atomic E-state index is 17.3. The van der Waals surface area contributed by atoms with Gasteiger partial charge < -0.3 is 29.7 Å². The van der Waals surface area contributed by atoms with Crippen LogP contribution in [0.3, 0.4) is 0 Å². The molecule has 1 spiro atoms. The quantitative estimate of drug-likeness (QED) is 0.294. The lowest BCUT2D eigenvalue weighted by molar-refractivity contribution is 0.0362. The van der Waals surface area contributed by atoms with Gasteiger partial charge in [0.2, 0.25) is 0 Å². The highest BCUT2D eigenvalue weighted by atomic mass is 35.5. The van der Waals surface area contributed by atoms with E-state index in [0.29, 0.717) is 37.4 Å². The summed E-state index contributed by atoms with van der Waals surface area (Å²) in [6, 6.07) is 4.91. The van der Waals surface area contributed by atoms with Crippen molar-refractivity contribution in [2.45, 2.75) is 43.4 Å². The molecule has 2 bridgehead atoms. The van der Waals surface area contributed by atoms with E-state index in [1.54, 1.807) is 0 Å². The molecule has 4 aromatic rings. The third-order valence-corrected chi connectivity index (χ3v) is 11.6. The van der Waals surface area contributed by atoms with Crippen molar-refractivity contribution < 1.29 is 23.0 Å². The first-order chi connectivity index (χ1) is 22.7. The summed E-state index contributed by atoms with van der Waals surface area (Å²) in [6.45, 7) is 4.18. The van der Waals surface area contributed by atoms with Crippen molar-refractivity contribution in [3.8, 4) is 29.0 Å². The number of hydrogen-bond acceptors (Lipinski definition) is 11. The third-order valence-electron chi connectivity index (χ3n) is 10.2. The Bertz CT molecular complexity index is 1970. The topological polar surface area (TPSA) is 113 Å². The number of nitrogen functional groups attached to an aromatic ring is 1. The van der Waals surface area contributed by atoms with Crippen LogP contribution in [0.2, 0.25) is 5.02 Å². The Morgan fingerprint density at radius 3 is 2.72 bits per heavy atom. The maximum Gasteiger partial charge on any atom is 0.319 e. The van der Waals surface area contributed by atoms with E-state index in [-0.39, 0.29) is 72.8 Å². The van der Waals surface area contributed by atoms with E-state index in [1.807, 2.05) is 0 Å². The number of nitrogens with two attached hydrogens (primary N) is 1. The van der Waals surface area contributed by atoms with E-state index < -0.39 is 17.2 Å². The molecule has 4 aliphatic rings. The second kappa shape index (κ2) is 11.6. The number of nitriles is 1. The molecule has 47 heavy (non-hydrogen) atoms. The van der Waals surface area contributed by atoms with Crippen LogP contribution in [0.25, 0.3) is 32.1 Å². The molecule has 2 N–H and O–H groups in total. The Labute approximate surface area is 279 Å². The van der Waals surface area contributed by atoms with Crippen LogP contribution in [0.15, 0.2) is 12.1 Å². The van der Waals surface area contributed by atoms with Crippen molar-refractivity contribution in [2.75, 3.05) is 70.7 Å². The number of fused-ring (bicyclic) bond motifs is 3. The van der Waals surface area contributed by atoms with E-state index >= 15 is 8.78 Å². The number of ether oxygens (including phenoxy) is 3. The third kappa shape index (κ3) is 4.79. The summed E-state index contributed by atoms with van der Waals surface area (Å²) in [5.74, 6) is -0.601. The summed E-state index contributed by atoms with van der Waals surface area (Å²) in [5, 5.41) is 10.6. The number of rotatable bonds is 2. The van der Waals surface area contributed by atoms with E-state index in [0.717, 1.165) is 50.2 Å². The van der Waals surface area contributed by atoms with Crippen molar-refractivity contribution in [3.63, 3.8) is 0 Å². The summed E-state index contributed by atoms with van der Waals surface area (Å²) in [6.07, 6.45) is 3.18. The van der Waals surface area contributed by atoms with Gasteiger partial charge in [-0.1, -0.05) is 17.7 Å². The number of halogens is 3. The molecule has 4 aliphatic heterocycles. The highest BCUT2D eigenvalue weighted by molar-refractivity contribution is 7.23. The van der Waals surface area contributed by atoms with Gasteiger partial charge in [-0.15, -0.1) is 11.3 Å². The fourth-order valence-electron chi connectivity index (χ4n) is 7.98. The van der Waals surface area contributed by atoms with Gasteiger partial charge in [-0.3, -0.25) is 4.90 Å². The molecule has 0 radical (unpaired) electrons. The van der Waals surface area contributed by atoms with Crippen LogP contribution in [-0.2, 0) is 4.74 Å². The van der Waals surface area contributed by atoms with E-state index in [9.17, 15) is 5.26 Å². The SMILES string of the molecule is CN1CCC2(COCCC([C@@H]3CCCN3C)Oc3nc4c5c(c(Cl)c(-c6ccc(F)c7sc(N)c(C#N)c67)c(F)c5n3)OCCN42)C1. The minimum Gasteiger partial charge on any atom is -0.489 e. The molecular formula is C33H34ClF2N7O3S. The molecule has 2 aromatic carbocycles. The molecule has 246 valence electrons. The first kappa shape index (κ1) is 30.8. The zero-order valence-corrected chi connectivity index (χ0v) is 27.7. The Hall–Kier alpha value is -3.54. The second-order valence-electron chi connectivity index (χ2n) is 13.0. The van der Waals surface area contributed by atoms with Gasteiger partial charge >= 0.3 is 6.01 Å². The molecule has 0 saturated carbocycles. The molecule has 0 aliphatic carbocycles. The second-order valence-corrected chi connectivity index (χ2v) is 14.5. The number of aromatic nitrogens is 2. The van der Waals surface area contributed by atoms with Crippen molar-refractivity contribution in [3.05, 3.63) is 34.4 Å². The molecule has 2 saturated heterocycles. The summed E-state index contributed by atoms with van der Waals surface area (Å²) in [4.78, 5) is 16.5. The average Bonchev–Trinajstić information content (AvgIpc) is 3.70. The van der Waals surface area contributed by atoms with Gasteiger partial charge in [-0.05, 0) is 51.5 Å². The molecule has 2 unspecified atom stereocenters. The first-order valence-electron chi connectivity index (χ1n) is 15.9. The largest absolute Gasteiger partial charge is 0.489 e. The summed E-state index contributed by atoms with van der Waals surface area (Å²) >= 11 is 8.04. The van der Waals surface area contributed by atoms with Gasteiger partial charge in [0, 0.05) is 36.5 Å². The number of hydrogen-bond donors (Lipinski definition) is 1. The predicted octanol–water partition coefficient (Wildman–Crippen LogP) is 5.43.